The van der Waals surface area contributed by atoms with Crippen molar-refractivity contribution in [2.24, 2.45) is 16.2 Å². The Kier molecular flexibility index (Phi) is 6.20. The van der Waals surface area contributed by atoms with E-state index in [0.29, 0.717) is 16.7 Å². The van der Waals surface area contributed by atoms with Crippen LogP contribution in [0, 0.1) is 16.2 Å². The van der Waals surface area contributed by atoms with E-state index in [0.717, 1.165) is 6.61 Å². The summed E-state index contributed by atoms with van der Waals surface area (Å²) in [5.41, 5.74) is 3.51. The third kappa shape index (κ3) is 5.47. The summed E-state index contributed by atoms with van der Waals surface area (Å²) < 4.78 is 6.37. The van der Waals surface area contributed by atoms with Crippen molar-refractivity contribution in [2.75, 3.05) is 6.61 Å². The summed E-state index contributed by atoms with van der Waals surface area (Å²) in [5, 5.41) is 2.65. The highest BCUT2D eigenvalue weighted by Gasteiger charge is 2.39. The van der Waals surface area contributed by atoms with Gasteiger partial charge < -0.3 is 4.74 Å². The highest BCUT2D eigenvalue weighted by atomic mass is 16.5. The SMILES string of the molecule is CCC(C)(C)CC(c1ccc2cc(C(C)(C)OCC3(C)CC3)ccc2c1)C(C)(C)C. The molecule has 1 fully saturated rings. The van der Waals surface area contributed by atoms with Gasteiger partial charge in [-0.3, -0.25) is 0 Å². The molecule has 1 heteroatoms. The van der Waals surface area contributed by atoms with Gasteiger partial charge in [0.25, 0.3) is 0 Å². The van der Waals surface area contributed by atoms with Crippen molar-refractivity contribution in [3.05, 3.63) is 47.5 Å². The molecule has 166 valence electrons. The first-order valence-electron chi connectivity index (χ1n) is 11.9. The van der Waals surface area contributed by atoms with Crippen molar-refractivity contribution in [3.8, 4) is 0 Å². The molecule has 0 aromatic heterocycles. The second-order valence-corrected chi connectivity index (χ2v) is 12.6. The third-order valence-corrected chi connectivity index (χ3v) is 7.61. The monoisotopic (exact) mass is 408 g/mol. The summed E-state index contributed by atoms with van der Waals surface area (Å²) >= 11 is 0. The number of hydrogen-bond donors (Lipinski definition) is 0. The Labute approximate surface area is 185 Å². The smallest absolute Gasteiger partial charge is 0.0875 e. The zero-order valence-electron chi connectivity index (χ0n) is 21.0. The molecule has 0 N–H and O–H groups in total. The molecule has 0 radical (unpaired) electrons. The fourth-order valence-corrected chi connectivity index (χ4v) is 4.27. The Hall–Kier alpha value is -1.34. The van der Waals surface area contributed by atoms with Crippen LogP contribution in [0.5, 0.6) is 0 Å². The number of ether oxygens (including phenoxy) is 1. The van der Waals surface area contributed by atoms with E-state index in [1.54, 1.807) is 0 Å². The number of benzene rings is 2. The van der Waals surface area contributed by atoms with Gasteiger partial charge in [0.1, 0.15) is 0 Å². The zero-order chi connectivity index (χ0) is 22.4. The lowest BCUT2D eigenvalue weighted by atomic mass is 9.68. The molecule has 1 atom stereocenters. The van der Waals surface area contributed by atoms with Gasteiger partial charge in [-0.1, -0.05) is 85.2 Å². The predicted octanol–water partition coefficient (Wildman–Crippen LogP) is 8.85. The lowest BCUT2D eigenvalue weighted by molar-refractivity contribution is -0.0420. The highest BCUT2D eigenvalue weighted by molar-refractivity contribution is 5.84. The van der Waals surface area contributed by atoms with Gasteiger partial charge in [-0.05, 0) is 83.2 Å². The van der Waals surface area contributed by atoms with E-state index in [2.05, 4.69) is 98.7 Å². The van der Waals surface area contributed by atoms with Gasteiger partial charge in [0.15, 0.2) is 0 Å². The summed E-state index contributed by atoms with van der Waals surface area (Å²) in [5.74, 6) is 0.551. The van der Waals surface area contributed by atoms with Crippen LogP contribution in [-0.4, -0.2) is 6.61 Å². The van der Waals surface area contributed by atoms with Crippen molar-refractivity contribution >= 4 is 10.8 Å². The first-order valence-corrected chi connectivity index (χ1v) is 11.9. The molecular formula is C29H44O. The van der Waals surface area contributed by atoms with Crippen molar-refractivity contribution in [1.82, 2.24) is 0 Å². The molecule has 1 aliphatic rings. The molecule has 2 aromatic carbocycles. The normalized spacial score (nSPS) is 17.9. The summed E-state index contributed by atoms with van der Waals surface area (Å²) in [6, 6.07) is 14.0. The lowest BCUT2D eigenvalue weighted by Crippen LogP contribution is -2.25. The minimum Gasteiger partial charge on any atom is -0.370 e. The Morgan fingerprint density at radius 2 is 1.50 bits per heavy atom. The van der Waals surface area contributed by atoms with E-state index in [-0.39, 0.29) is 11.0 Å². The van der Waals surface area contributed by atoms with Crippen molar-refractivity contribution < 1.29 is 4.74 Å². The molecule has 0 spiro atoms. The number of hydrogen-bond acceptors (Lipinski definition) is 1. The topological polar surface area (TPSA) is 9.23 Å². The van der Waals surface area contributed by atoms with Gasteiger partial charge in [-0.2, -0.15) is 0 Å². The molecule has 0 bridgehead atoms. The van der Waals surface area contributed by atoms with Crippen molar-refractivity contribution in [3.63, 3.8) is 0 Å². The van der Waals surface area contributed by atoms with E-state index in [4.69, 9.17) is 4.74 Å². The summed E-state index contributed by atoms with van der Waals surface area (Å²) in [7, 11) is 0. The molecule has 1 saturated carbocycles. The molecule has 0 heterocycles. The van der Waals surface area contributed by atoms with Gasteiger partial charge in [0.05, 0.1) is 12.2 Å². The highest BCUT2D eigenvalue weighted by Crippen LogP contribution is 2.47. The van der Waals surface area contributed by atoms with Gasteiger partial charge in [0.2, 0.25) is 0 Å². The fourth-order valence-electron chi connectivity index (χ4n) is 4.27. The molecule has 1 nitrogen and oxygen atoms in total. The lowest BCUT2D eigenvalue weighted by Gasteiger charge is -2.37. The minimum atomic E-state index is -0.252. The van der Waals surface area contributed by atoms with Crippen LogP contribution in [0.15, 0.2) is 36.4 Å². The van der Waals surface area contributed by atoms with Crippen LogP contribution in [0.25, 0.3) is 10.8 Å². The molecule has 0 aliphatic heterocycles. The molecule has 2 aromatic rings. The molecule has 1 unspecified atom stereocenters. The van der Waals surface area contributed by atoms with Crippen LogP contribution < -0.4 is 0 Å². The zero-order valence-corrected chi connectivity index (χ0v) is 21.0. The number of rotatable bonds is 8. The summed E-state index contributed by atoms with van der Waals surface area (Å²) in [6.07, 6.45) is 5.03. The molecule has 0 amide bonds. The van der Waals surface area contributed by atoms with Crippen LogP contribution in [-0.2, 0) is 10.3 Å². The second-order valence-electron chi connectivity index (χ2n) is 12.6. The first kappa shape index (κ1) is 23.3. The standard InChI is InChI=1S/C29H44O/c1-10-27(5,6)19-25(26(2,3)4)23-12-11-22-18-24(14-13-21(22)17-23)28(7,8)30-20-29(9)15-16-29/h11-14,17-18,25H,10,15-16,19-20H2,1-9H3. The van der Waals surface area contributed by atoms with Crippen LogP contribution in [0.4, 0.5) is 0 Å². The third-order valence-electron chi connectivity index (χ3n) is 7.61. The molecule has 1 aliphatic carbocycles. The molecular weight excluding hydrogens is 364 g/mol. The summed E-state index contributed by atoms with van der Waals surface area (Å²) in [4.78, 5) is 0. The Morgan fingerprint density at radius 1 is 0.900 bits per heavy atom. The molecule has 3 rings (SSSR count). The van der Waals surface area contributed by atoms with Gasteiger partial charge >= 0.3 is 0 Å². The second kappa shape index (κ2) is 7.97. The van der Waals surface area contributed by atoms with Crippen LogP contribution in [0.3, 0.4) is 0 Å². The van der Waals surface area contributed by atoms with E-state index in [9.17, 15) is 0 Å². The van der Waals surface area contributed by atoms with E-state index in [1.807, 2.05) is 0 Å². The van der Waals surface area contributed by atoms with Crippen molar-refractivity contribution in [2.45, 2.75) is 99.5 Å². The fraction of sp³-hybridized carbons (Fsp3) is 0.655. The van der Waals surface area contributed by atoms with Crippen molar-refractivity contribution in [1.29, 1.82) is 0 Å². The van der Waals surface area contributed by atoms with E-state index in [1.165, 1.54) is 47.6 Å². The minimum absolute atomic E-state index is 0.245. The van der Waals surface area contributed by atoms with Gasteiger partial charge in [0, 0.05) is 0 Å². The van der Waals surface area contributed by atoms with Crippen LogP contribution in [0.2, 0.25) is 0 Å². The average molecular weight is 409 g/mol. The maximum Gasteiger partial charge on any atom is 0.0875 e. The van der Waals surface area contributed by atoms with Crippen LogP contribution >= 0.6 is 0 Å². The Morgan fingerprint density at radius 3 is 2.07 bits per heavy atom. The van der Waals surface area contributed by atoms with E-state index < -0.39 is 0 Å². The Bertz CT molecular complexity index is 877. The molecule has 0 saturated heterocycles. The average Bonchev–Trinajstić information content (AvgIpc) is 3.41. The predicted molar refractivity (Wildman–Crippen MR) is 131 cm³/mol. The largest absolute Gasteiger partial charge is 0.370 e. The summed E-state index contributed by atoms with van der Waals surface area (Å²) in [6.45, 7) is 21.9. The maximum atomic E-state index is 6.37. The number of fused-ring (bicyclic) bond motifs is 1. The quantitative estimate of drug-likeness (QED) is 0.424. The molecule has 30 heavy (non-hydrogen) atoms. The van der Waals surface area contributed by atoms with Gasteiger partial charge in [-0.25, -0.2) is 0 Å². The first-order chi connectivity index (χ1) is 13.7. The maximum absolute atomic E-state index is 6.37. The van der Waals surface area contributed by atoms with E-state index >= 15 is 0 Å². The van der Waals surface area contributed by atoms with Gasteiger partial charge in [-0.15, -0.1) is 0 Å². The Balaban J connectivity index is 1.88. The van der Waals surface area contributed by atoms with Crippen LogP contribution in [0.1, 0.15) is 105 Å².